The van der Waals surface area contributed by atoms with E-state index >= 15 is 0 Å². The summed E-state index contributed by atoms with van der Waals surface area (Å²) in [6, 6.07) is 11.8. The van der Waals surface area contributed by atoms with Crippen LogP contribution in [-0.4, -0.2) is 4.92 Å². The first kappa shape index (κ1) is 10.9. The normalized spacial score (nSPS) is 10.1. The van der Waals surface area contributed by atoms with Crippen molar-refractivity contribution in [2.45, 2.75) is 0 Å². The fourth-order valence-electron chi connectivity index (χ4n) is 1.63. The van der Waals surface area contributed by atoms with Crippen LogP contribution in [0.1, 0.15) is 0 Å². The minimum absolute atomic E-state index is 0.0840. The van der Waals surface area contributed by atoms with Gasteiger partial charge in [0.15, 0.2) is 0 Å². The molecule has 0 fully saturated rings. The molecule has 5 nitrogen and oxygen atoms in total. The van der Waals surface area contributed by atoms with Crippen LogP contribution in [0, 0.1) is 10.1 Å². The second-order valence-electron chi connectivity index (χ2n) is 3.62. The average Bonchev–Trinajstić information content (AvgIpc) is 2.30. The van der Waals surface area contributed by atoms with E-state index in [-0.39, 0.29) is 11.4 Å². The van der Waals surface area contributed by atoms with Gasteiger partial charge in [0.25, 0.3) is 5.69 Å². The lowest BCUT2D eigenvalue weighted by atomic mass is 10.0. The highest BCUT2D eigenvalue weighted by atomic mass is 16.6. The Hall–Kier alpha value is -2.56. The van der Waals surface area contributed by atoms with E-state index in [2.05, 4.69) is 0 Å². The number of anilines is 2. The van der Waals surface area contributed by atoms with Crippen molar-refractivity contribution < 1.29 is 4.92 Å². The summed E-state index contributed by atoms with van der Waals surface area (Å²) in [5.74, 6) is 0. The van der Waals surface area contributed by atoms with Crippen molar-refractivity contribution in [1.29, 1.82) is 0 Å². The molecule has 2 aromatic carbocycles. The highest BCUT2D eigenvalue weighted by Crippen LogP contribution is 2.32. The predicted molar refractivity (Wildman–Crippen MR) is 67.4 cm³/mol. The molecule has 2 rings (SSSR count). The fourth-order valence-corrected chi connectivity index (χ4v) is 1.63. The summed E-state index contributed by atoms with van der Waals surface area (Å²) < 4.78 is 0. The molecule has 0 bridgehead atoms. The minimum Gasteiger partial charge on any atom is -0.399 e. The van der Waals surface area contributed by atoms with Crippen molar-refractivity contribution in [3.8, 4) is 11.1 Å². The first-order chi connectivity index (χ1) is 8.09. The van der Waals surface area contributed by atoms with Crippen LogP contribution in [0.4, 0.5) is 17.1 Å². The van der Waals surface area contributed by atoms with Crippen LogP contribution < -0.4 is 11.5 Å². The summed E-state index contributed by atoms with van der Waals surface area (Å²) in [7, 11) is 0. The number of nitro benzene ring substituents is 1. The summed E-state index contributed by atoms with van der Waals surface area (Å²) in [5, 5.41) is 10.8. The second kappa shape index (κ2) is 4.13. The van der Waals surface area contributed by atoms with Gasteiger partial charge in [-0.15, -0.1) is 0 Å². The van der Waals surface area contributed by atoms with E-state index in [9.17, 15) is 10.1 Å². The summed E-state index contributed by atoms with van der Waals surface area (Å²) in [6.45, 7) is 0. The van der Waals surface area contributed by atoms with E-state index in [4.69, 9.17) is 11.5 Å². The molecule has 0 saturated heterocycles. The number of rotatable bonds is 2. The summed E-state index contributed by atoms with van der Waals surface area (Å²) in [6.07, 6.45) is 0. The number of para-hydroxylation sites is 1. The molecular weight excluding hydrogens is 218 g/mol. The molecule has 0 atom stereocenters. The number of nitro groups is 1. The van der Waals surface area contributed by atoms with Gasteiger partial charge in [0.05, 0.1) is 4.92 Å². The first-order valence-corrected chi connectivity index (χ1v) is 4.98. The van der Waals surface area contributed by atoms with Gasteiger partial charge in [-0.25, -0.2) is 0 Å². The van der Waals surface area contributed by atoms with Gasteiger partial charge in [-0.3, -0.25) is 10.1 Å². The van der Waals surface area contributed by atoms with E-state index in [1.807, 2.05) is 0 Å². The largest absolute Gasteiger partial charge is 0.399 e. The number of benzene rings is 2. The third-order valence-electron chi connectivity index (χ3n) is 2.50. The first-order valence-electron chi connectivity index (χ1n) is 4.98. The van der Waals surface area contributed by atoms with Crippen LogP contribution in [0.2, 0.25) is 0 Å². The van der Waals surface area contributed by atoms with Gasteiger partial charge < -0.3 is 11.5 Å². The van der Waals surface area contributed by atoms with Crippen LogP contribution in [0.5, 0.6) is 0 Å². The Morgan fingerprint density at radius 1 is 1.00 bits per heavy atom. The van der Waals surface area contributed by atoms with Gasteiger partial charge in [0, 0.05) is 17.3 Å². The van der Waals surface area contributed by atoms with Crippen molar-refractivity contribution in [1.82, 2.24) is 0 Å². The van der Waals surface area contributed by atoms with E-state index in [0.717, 1.165) is 5.56 Å². The Labute approximate surface area is 97.8 Å². The summed E-state index contributed by atoms with van der Waals surface area (Å²) >= 11 is 0. The standard InChI is InChI=1S/C12H11N3O2/c13-9-6-4-8(5-7-9)10-2-1-3-11(12(10)14)15(16)17/h1-7H,13-14H2. The summed E-state index contributed by atoms with van der Waals surface area (Å²) in [5.41, 5.74) is 13.5. The number of hydrogen-bond donors (Lipinski definition) is 2. The Kier molecular flexibility index (Phi) is 2.66. The van der Waals surface area contributed by atoms with Crippen LogP contribution in [0.25, 0.3) is 11.1 Å². The van der Waals surface area contributed by atoms with Crippen LogP contribution in [0.3, 0.4) is 0 Å². The van der Waals surface area contributed by atoms with E-state index in [1.54, 1.807) is 36.4 Å². The quantitative estimate of drug-likeness (QED) is 0.469. The lowest BCUT2D eigenvalue weighted by molar-refractivity contribution is -0.383. The van der Waals surface area contributed by atoms with E-state index in [1.165, 1.54) is 6.07 Å². The second-order valence-corrected chi connectivity index (χ2v) is 3.62. The minimum atomic E-state index is -0.490. The van der Waals surface area contributed by atoms with Crippen LogP contribution in [-0.2, 0) is 0 Å². The van der Waals surface area contributed by atoms with Gasteiger partial charge >= 0.3 is 0 Å². The Balaban J connectivity index is 2.56. The SMILES string of the molecule is Nc1ccc(-c2cccc([N+](=O)[O-])c2N)cc1. The van der Waals surface area contributed by atoms with E-state index < -0.39 is 4.92 Å². The van der Waals surface area contributed by atoms with Crippen molar-refractivity contribution in [2.24, 2.45) is 0 Å². The van der Waals surface area contributed by atoms with Gasteiger partial charge in [0.2, 0.25) is 0 Å². The number of nitrogens with zero attached hydrogens (tertiary/aromatic N) is 1. The molecule has 0 aliphatic carbocycles. The Morgan fingerprint density at radius 2 is 1.65 bits per heavy atom. The summed E-state index contributed by atoms with van der Waals surface area (Å²) in [4.78, 5) is 10.3. The van der Waals surface area contributed by atoms with Crippen LogP contribution in [0.15, 0.2) is 42.5 Å². The van der Waals surface area contributed by atoms with Gasteiger partial charge in [-0.05, 0) is 17.7 Å². The third kappa shape index (κ3) is 2.03. The fraction of sp³-hybridized carbons (Fsp3) is 0. The topological polar surface area (TPSA) is 95.2 Å². The maximum absolute atomic E-state index is 10.8. The number of nitrogens with two attached hydrogens (primary N) is 2. The lowest BCUT2D eigenvalue weighted by Crippen LogP contribution is -1.97. The van der Waals surface area contributed by atoms with E-state index in [0.29, 0.717) is 11.3 Å². The molecule has 0 saturated carbocycles. The molecular formula is C12H11N3O2. The zero-order valence-corrected chi connectivity index (χ0v) is 8.96. The molecule has 86 valence electrons. The van der Waals surface area contributed by atoms with Gasteiger partial charge in [-0.1, -0.05) is 24.3 Å². The molecule has 5 heteroatoms. The molecule has 17 heavy (non-hydrogen) atoms. The zero-order valence-electron chi connectivity index (χ0n) is 8.96. The van der Waals surface area contributed by atoms with Gasteiger partial charge in [0.1, 0.15) is 5.69 Å². The average molecular weight is 229 g/mol. The zero-order chi connectivity index (χ0) is 12.4. The van der Waals surface area contributed by atoms with Gasteiger partial charge in [-0.2, -0.15) is 0 Å². The van der Waals surface area contributed by atoms with Crippen molar-refractivity contribution in [2.75, 3.05) is 11.5 Å². The predicted octanol–water partition coefficient (Wildman–Crippen LogP) is 2.43. The molecule has 4 N–H and O–H groups in total. The molecule has 0 spiro atoms. The molecule has 0 aliphatic heterocycles. The highest BCUT2D eigenvalue weighted by Gasteiger charge is 2.14. The molecule has 0 heterocycles. The molecule has 0 aromatic heterocycles. The lowest BCUT2D eigenvalue weighted by Gasteiger charge is -2.06. The monoisotopic (exact) mass is 229 g/mol. The Bertz CT molecular complexity index is 564. The Morgan fingerprint density at radius 3 is 2.24 bits per heavy atom. The van der Waals surface area contributed by atoms with Crippen molar-refractivity contribution >= 4 is 17.1 Å². The molecule has 2 aromatic rings. The van der Waals surface area contributed by atoms with Crippen LogP contribution >= 0.6 is 0 Å². The maximum atomic E-state index is 10.8. The van der Waals surface area contributed by atoms with Crippen molar-refractivity contribution in [3.05, 3.63) is 52.6 Å². The maximum Gasteiger partial charge on any atom is 0.292 e. The third-order valence-corrected chi connectivity index (χ3v) is 2.50. The molecule has 0 aliphatic rings. The smallest absolute Gasteiger partial charge is 0.292 e. The number of nitrogen functional groups attached to an aromatic ring is 2. The number of hydrogen-bond acceptors (Lipinski definition) is 4. The molecule has 0 amide bonds. The van der Waals surface area contributed by atoms with Crippen molar-refractivity contribution in [3.63, 3.8) is 0 Å². The molecule has 0 unspecified atom stereocenters. The molecule has 0 radical (unpaired) electrons. The highest BCUT2D eigenvalue weighted by molar-refractivity contribution is 5.82.